The van der Waals surface area contributed by atoms with Gasteiger partial charge in [0.25, 0.3) is 0 Å². The third-order valence-corrected chi connectivity index (χ3v) is 1.68. The van der Waals surface area contributed by atoms with Crippen LogP contribution in [-0.2, 0) is 4.79 Å². The van der Waals surface area contributed by atoms with Crippen LogP contribution in [0.15, 0.2) is 24.8 Å². The van der Waals surface area contributed by atoms with Crippen LogP contribution >= 0.6 is 0 Å². The largest absolute Gasteiger partial charge is 0.324 e. The van der Waals surface area contributed by atoms with Gasteiger partial charge in [-0.2, -0.15) is 0 Å². The molecule has 0 aromatic carbocycles. The average molecular weight is 137 g/mol. The molecule has 0 spiro atoms. The van der Waals surface area contributed by atoms with Crippen molar-refractivity contribution in [1.29, 1.82) is 0 Å². The van der Waals surface area contributed by atoms with Crippen molar-refractivity contribution < 1.29 is 4.79 Å². The predicted molar refractivity (Wildman–Crippen MR) is 40.4 cm³/mol. The van der Waals surface area contributed by atoms with Gasteiger partial charge in [0.2, 0.25) is 0 Å². The summed E-state index contributed by atoms with van der Waals surface area (Å²) >= 11 is 0. The number of rotatable bonds is 2. The molecule has 0 saturated heterocycles. The Hall–Kier alpha value is -0.890. The molecular weight excluding hydrogens is 126 g/mol. The van der Waals surface area contributed by atoms with Crippen molar-refractivity contribution in [3.63, 3.8) is 0 Å². The van der Waals surface area contributed by atoms with Gasteiger partial charge in [0, 0.05) is 12.0 Å². The molecular formula is C8H11NO. The molecule has 0 saturated carbocycles. The van der Waals surface area contributed by atoms with Crippen LogP contribution in [0.5, 0.6) is 0 Å². The number of carbonyl (C=O) groups excluding carboxylic acids is 1. The highest BCUT2D eigenvalue weighted by Crippen LogP contribution is 2.17. The zero-order chi connectivity index (χ0) is 7.56. The molecule has 0 heterocycles. The van der Waals surface area contributed by atoms with Gasteiger partial charge in [0.15, 0.2) is 5.78 Å². The second kappa shape index (κ2) is 2.80. The highest BCUT2D eigenvalue weighted by molar-refractivity contribution is 5.92. The molecule has 2 N–H and O–H groups in total. The van der Waals surface area contributed by atoms with Gasteiger partial charge in [-0.3, -0.25) is 4.79 Å². The molecule has 1 aliphatic rings. The Morgan fingerprint density at radius 1 is 1.70 bits per heavy atom. The van der Waals surface area contributed by atoms with Crippen molar-refractivity contribution in [2.75, 3.05) is 0 Å². The monoisotopic (exact) mass is 137 g/mol. The zero-order valence-corrected chi connectivity index (χ0v) is 5.79. The minimum Gasteiger partial charge on any atom is -0.324 e. The van der Waals surface area contributed by atoms with E-state index in [4.69, 9.17) is 5.73 Å². The topological polar surface area (TPSA) is 43.1 Å². The molecule has 0 bridgehead atoms. The highest BCUT2D eigenvalue weighted by Gasteiger charge is 2.19. The fraction of sp³-hybridized carbons (Fsp3) is 0.375. The maximum atomic E-state index is 10.9. The van der Waals surface area contributed by atoms with E-state index < -0.39 is 0 Å². The first-order valence-corrected chi connectivity index (χ1v) is 3.34. The Balaban J connectivity index is 2.54. The third kappa shape index (κ3) is 1.33. The molecule has 0 aromatic heterocycles. The predicted octanol–water partition coefficient (Wildman–Crippen LogP) is 0.645. The Kier molecular flexibility index (Phi) is 2.02. The van der Waals surface area contributed by atoms with Crippen LogP contribution in [0.1, 0.15) is 6.42 Å². The molecule has 0 amide bonds. The quantitative estimate of drug-likeness (QED) is 0.448. The standard InChI is InChI=1S/C8H11NO/c1-2-8(10)6-3-4-7(9)5-6/h2-4,6-7H,1,5,9H2. The number of nitrogens with two attached hydrogens (primary N) is 1. The van der Waals surface area contributed by atoms with Crippen molar-refractivity contribution in [1.82, 2.24) is 0 Å². The van der Waals surface area contributed by atoms with Gasteiger partial charge < -0.3 is 5.73 Å². The van der Waals surface area contributed by atoms with Gasteiger partial charge >= 0.3 is 0 Å². The molecule has 0 aromatic rings. The van der Waals surface area contributed by atoms with E-state index in [1.165, 1.54) is 6.08 Å². The van der Waals surface area contributed by atoms with Crippen molar-refractivity contribution in [2.45, 2.75) is 12.5 Å². The van der Waals surface area contributed by atoms with Gasteiger partial charge in [0.05, 0.1) is 0 Å². The lowest BCUT2D eigenvalue weighted by Crippen LogP contribution is -2.17. The maximum absolute atomic E-state index is 10.9. The first-order chi connectivity index (χ1) is 4.74. The summed E-state index contributed by atoms with van der Waals surface area (Å²) in [5, 5.41) is 0. The lowest BCUT2D eigenvalue weighted by Gasteiger charge is -2.02. The Morgan fingerprint density at radius 2 is 2.40 bits per heavy atom. The molecule has 2 nitrogen and oxygen atoms in total. The van der Waals surface area contributed by atoms with E-state index in [-0.39, 0.29) is 17.7 Å². The molecule has 0 fully saturated rings. The summed E-state index contributed by atoms with van der Waals surface area (Å²) in [7, 11) is 0. The summed E-state index contributed by atoms with van der Waals surface area (Å²) in [6.45, 7) is 3.41. The number of hydrogen-bond acceptors (Lipinski definition) is 2. The molecule has 0 radical (unpaired) electrons. The van der Waals surface area contributed by atoms with Crippen molar-refractivity contribution in [3.8, 4) is 0 Å². The Bertz CT molecular complexity index is 184. The maximum Gasteiger partial charge on any atom is 0.161 e. The van der Waals surface area contributed by atoms with E-state index in [0.717, 1.165) is 6.42 Å². The fourth-order valence-corrected chi connectivity index (χ4v) is 1.09. The third-order valence-electron chi connectivity index (χ3n) is 1.68. The highest BCUT2D eigenvalue weighted by atomic mass is 16.1. The summed E-state index contributed by atoms with van der Waals surface area (Å²) < 4.78 is 0. The Labute approximate surface area is 60.4 Å². The van der Waals surface area contributed by atoms with Crippen molar-refractivity contribution in [2.24, 2.45) is 11.7 Å². The second-order valence-corrected chi connectivity index (χ2v) is 2.50. The first-order valence-electron chi connectivity index (χ1n) is 3.34. The van der Waals surface area contributed by atoms with Crippen LogP contribution in [0, 0.1) is 5.92 Å². The minimum atomic E-state index is -0.00694. The van der Waals surface area contributed by atoms with E-state index in [0.29, 0.717) is 0 Å². The Morgan fingerprint density at radius 3 is 2.80 bits per heavy atom. The van der Waals surface area contributed by atoms with Crippen LogP contribution in [0.3, 0.4) is 0 Å². The van der Waals surface area contributed by atoms with Gasteiger partial charge in [-0.15, -0.1) is 0 Å². The van der Waals surface area contributed by atoms with E-state index in [2.05, 4.69) is 6.58 Å². The first kappa shape index (κ1) is 7.22. The number of hydrogen-bond donors (Lipinski definition) is 1. The summed E-state index contributed by atoms with van der Waals surface area (Å²) in [5.41, 5.74) is 5.54. The van der Waals surface area contributed by atoms with Crippen LogP contribution < -0.4 is 5.73 Å². The molecule has 2 unspecified atom stereocenters. The van der Waals surface area contributed by atoms with Crippen molar-refractivity contribution in [3.05, 3.63) is 24.8 Å². The zero-order valence-electron chi connectivity index (χ0n) is 5.79. The fourth-order valence-electron chi connectivity index (χ4n) is 1.09. The molecule has 2 atom stereocenters. The van der Waals surface area contributed by atoms with Crippen LogP contribution in [0.4, 0.5) is 0 Å². The molecule has 1 rings (SSSR count). The summed E-state index contributed by atoms with van der Waals surface area (Å²) in [6, 6.07) is 0.0638. The number of carbonyl (C=O) groups is 1. The second-order valence-electron chi connectivity index (χ2n) is 2.50. The minimum absolute atomic E-state index is 0.00694. The molecule has 1 aliphatic carbocycles. The summed E-state index contributed by atoms with van der Waals surface area (Å²) in [5.74, 6) is 0.0664. The van der Waals surface area contributed by atoms with Crippen LogP contribution in [0.2, 0.25) is 0 Å². The van der Waals surface area contributed by atoms with Crippen molar-refractivity contribution >= 4 is 5.78 Å². The van der Waals surface area contributed by atoms with Crippen LogP contribution in [0.25, 0.3) is 0 Å². The smallest absolute Gasteiger partial charge is 0.161 e. The van der Waals surface area contributed by atoms with Gasteiger partial charge in [0.1, 0.15) is 0 Å². The lowest BCUT2D eigenvalue weighted by molar-refractivity contribution is -0.116. The van der Waals surface area contributed by atoms with E-state index >= 15 is 0 Å². The van der Waals surface area contributed by atoms with Crippen LogP contribution in [-0.4, -0.2) is 11.8 Å². The van der Waals surface area contributed by atoms with E-state index in [1.807, 2.05) is 12.2 Å². The van der Waals surface area contributed by atoms with E-state index in [1.54, 1.807) is 0 Å². The van der Waals surface area contributed by atoms with E-state index in [9.17, 15) is 4.79 Å². The summed E-state index contributed by atoms with van der Waals surface area (Å²) in [6.07, 6.45) is 5.82. The number of allylic oxidation sites excluding steroid dienone is 2. The number of ketones is 1. The van der Waals surface area contributed by atoms with Gasteiger partial charge in [-0.25, -0.2) is 0 Å². The molecule has 54 valence electrons. The molecule has 0 aliphatic heterocycles. The van der Waals surface area contributed by atoms with Gasteiger partial charge in [-0.1, -0.05) is 18.7 Å². The lowest BCUT2D eigenvalue weighted by atomic mass is 10.0. The average Bonchev–Trinajstić information content (AvgIpc) is 2.34. The molecule has 10 heavy (non-hydrogen) atoms. The summed E-state index contributed by atoms with van der Waals surface area (Å²) in [4.78, 5) is 10.9. The molecule has 2 heteroatoms. The normalized spacial score (nSPS) is 30.5. The van der Waals surface area contributed by atoms with Gasteiger partial charge in [-0.05, 0) is 12.5 Å². The SMILES string of the molecule is C=CC(=O)C1C=CC(N)C1.